The molecule has 0 bridgehead atoms. The number of nitrogens with zero attached hydrogens (tertiary/aromatic N) is 3. The third kappa shape index (κ3) is 2.66. The van der Waals surface area contributed by atoms with E-state index < -0.39 is 11.6 Å². The van der Waals surface area contributed by atoms with E-state index in [1.54, 1.807) is 29.8 Å². The largest absolute Gasteiger partial charge is 0.367 e. The van der Waals surface area contributed by atoms with Crippen LogP contribution in [0.1, 0.15) is 11.1 Å². The van der Waals surface area contributed by atoms with Crippen molar-refractivity contribution < 1.29 is 13.5 Å². The summed E-state index contributed by atoms with van der Waals surface area (Å²) in [6.45, 7) is 1.77. The Labute approximate surface area is 135 Å². The van der Waals surface area contributed by atoms with Crippen molar-refractivity contribution in [3.05, 3.63) is 52.6 Å². The zero-order chi connectivity index (χ0) is 15.8. The molecule has 3 aromatic rings. The van der Waals surface area contributed by atoms with Gasteiger partial charge in [0.2, 0.25) is 0 Å². The summed E-state index contributed by atoms with van der Waals surface area (Å²) in [5.41, 5.74) is 0.944. The molecule has 0 N–H and O–H groups in total. The van der Waals surface area contributed by atoms with E-state index in [0.29, 0.717) is 25.1 Å². The summed E-state index contributed by atoms with van der Waals surface area (Å²) >= 11 is 1.54. The first-order valence-electron chi connectivity index (χ1n) is 7.22. The molecule has 7 heteroatoms. The molecule has 1 atom stereocenters. The summed E-state index contributed by atoms with van der Waals surface area (Å²) in [7, 11) is 0. The summed E-state index contributed by atoms with van der Waals surface area (Å²) in [5, 5.41) is 3.29. The third-order valence-corrected chi connectivity index (χ3v) is 4.74. The van der Waals surface area contributed by atoms with Crippen LogP contribution in [0, 0.1) is 11.6 Å². The topological polar surface area (TPSA) is 38.2 Å². The van der Waals surface area contributed by atoms with Gasteiger partial charge in [-0.3, -0.25) is 4.98 Å². The van der Waals surface area contributed by atoms with Crippen molar-refractivity contribution in [1.82, 2.24) is 9.97 Å². The summed E-state index contributed by atoms with van der Waals surface area (Å²) in [5.74, 6) is -1.25. The monoisotopic (exact) mass is 333 g/mol. The van der Waals surface area contributed by atoms with Crippen molar-refractivity contribution in [3.63, 3.8) is 0 Å². The van der Waals surface area contributed by atoms with Crippen LogP contribution in [0.25, 0.3) is 10.9 Å². The Morgan fingerprint density at radius 1 is 1.22 bits per heavy atom. The smallest absolute Gasteiger partial charge is 0.152 e. The number of thiazole rings is 1. The van der Waals surface area contributed by atoms with Gasteiger partial charge >= 0.3 is 0 Å². The number of ether oxygens (including phenoxy) is 1. The van der Waals surface area contributed by atoms with Crippen molar-refractivity contribution in [2.45, 2.75) is 6.10 Å². The molecule has 23 heavy (non-hydrogen) atoms. The second-order valence-corrected chi connectivity index (χ2v) is 6.22. The van der Waals surface area contributed by atoms with Crippen LogP contribution in [0.4, 0.5) is 14.5 Å². The number of morpholine rings is 1. The molecule has 1 aliphatic heterocycles. The first-order valence-corrected chi connectivity index (χ1v) is 8.10. The van der Waals surface area contributed by atoms with Crippen LogP contribution in [0.2, 0.25) is 0 Å². The first kappa shape index (κ1) is 14.5. The number of halogens is 2. The van der Waals surface area contributed by atoms with Gasteiger partial charge in [-0.25, -0.2) is 13.8 Å². The molecule has 1 fully saturated rings. The standard InChI is InChI=1S/C16H13F2N3OS/c17-10-7-11-13(1-2-19-15(11)12(18)8-10)21-4-5-22-14(9-21)16-20-3-6-23-16/h1-3,6-8,14H,4-5,9H2. The minimum atomic E-state index is -0.647. The summed E-state index contributed by atoms with van der Waals surface area (Å²) in [6.07, 6.45) is 3.16. The van der Waals surface area contributed by atoms with Gasteiger partial charge in [-0.1, -0.05) is 0 Å². The van der Waals surface area contributed by atoms with Gasteiger partial charge < -0.3 is 9.64 Å². The Morgan fingerprint density at radius 3 is 2.96 bits per heavy atom. The Bertz CT molecular complexity index is 841. The minimum absolute atomic E-state index is 0.134. The average Bonchev–Trinajstić information content (AvgIpc) is 3.09. The quantitative estimate of drug-likeness (QED) is 0.719. The Balaban J connectivity index is 1.74. The Hall–Kier alpha value is -2.12. The minimum Gasteiger partial charge on any atom is -0.367 e. The average molecular weight is 333 g/mol. The van der Waals surface area contributed by atoms with Crippen LogP contribution >= 0.6 is 11.3 Å². The van der Waals surface area contributed by atoms with Crippen LogP contribution in [0.5, 0.6) is 0 Å². The molecule has 3 heterocycles. The van der Waals surface area contributed by atoms with Crippen LogP contribution < -0.4 is 4.90 Å². The zero-order valence-electron chi connectivity index (χ0n) is 12.1. The molecule has 118 valence electrons. The van der Waals surface area contributed by atoms with E-state index in [9.17, 15) is 8.78 Å². The maximum atomic E-state index is 13.9. The molecule has 0 amide bonds. The molecule has 2 aromatic heterocycles. The zero-order valence-corrected chi connectivity index (χ0v) is 12.9. The molecular weight excluding hydrogens is 320 g/mol. The highest BCUT2D eigenvalue weighted by molar-refractivity contribution is 7.09. The van der Waals surface area contributed by atoms with Crippen LogP contribution in [0.15, 0.2) is 36.0 Å². The van der Waals surface area contributed by atoms with E-state index in [-0.39, 0.29) is 11.6 Å². The Morgan fingerprint density at radius 2 is 2.13 bits per heavy atom. The highest BCUT2D eigenvalue weighted by atomic mass is 32.1. The molecule has 1 aromatic carbocycles. The fourth-order valence-electron chi connectivity index (χ4n) is 2.85. The molecule has 4 nitrogen and oxygen atoms in total. The third-order valence-electron chi connectivity index (χ3n) is 3.87. The number of aromatic nitrogens is 2. The predicted molar refractivity (Wildman–Crippen MR) is 84.7 cm³/mol. The first-order chi connectivity index (χ1) is 11.2. The van der Waals surface area contributed by atoms with E-state index in [2.05, 4.69) is 14.9 Å². The number of fused-ring (bicyclic) bond motifs is 1. The molecule has 4 rings (SSSR count). The molecule has 0 spiro atoms. The summed E-state index contributed by atoms with van der Waals surface area (Å²) in [4.78, 5) is 10.4. The van der Waals surface area contributed by atoms with Crippen LogP contribution in [-0.2, 0) is 4.74 Å². The van der Waals surface area contributed by atoms with Gasteiger partial charge in [0, 0.05) is 41.5 Å². The lowest BCUT2D eigenvalue weighted by Crippen LogP contribution is -2.38. The maximum absolute atomic E-state index is 13.9. The molecule has 0 radical (unpaired) electrons. The fraction of sp³-hybridized carbons (Fsp3) is 0.250. The van der Waals surface area contributed by atoms with Crippen molar-refractivity contribution in [2.24, 2.45) is 0 Å². The number of hydrogen-bond acceptors (Lipinski definition) is 5. The SMILES string of the molecule is Fc1cc(F)c2nccc(N3CCOC(c4nccs4)C3)c2c1. The molecule has 1 saturated heterocycles. The number of anilines is 1. The van der Waals surface area contributed by atoms with E-state index in [1.165, 1.54) is 6.07 Å². The number of hydrogen-bond donors (Lipinski definition) is 0. The van der Waals surface area contributed by atoms with E-state index in [1.807, 2.05) is 5.38 Å². The summed E-state index contributed by atoms with van der Waals surface area (Å²) in [6, 6.07) is 3.97. The summed E-state index contributed by atoms with van der Waals surface area (Å²) < 4.78 is 33.3. The highest BCUT2D eigenvalue weighted by Crippen LogP contribution is 2.32. The number of pyridine rings is 1. The van der Waals surface area contributed by atoms with Gasteiger partial charge in [-0.05, 0) is 12.1 Å². The lowest BCUT2D eigenvalue weighted by atomic mass is 10.1. The normalized spacial score (nSPS) is 18.5. The van der Waals surface area contributed by atoms with Gasteiger partial charge in [0.05, 0.1) is 13.2 Å². The molecular formula is C16H13F2N3OS. The lowest BCUT2D eigenvalue weighted by molar-refractivity contribution is 0.0397. The highest BCUT2D eigenvalue weighted by Gasteiger charge is 2.25. The van der Waals surface area contributed by atoms with E-state index in [0.717, 1.165) is 16.8 Å². The molecule has 0 saturated carbocycles. The predicted octanol–water partition coefficient (Wildman–Crippen LogP) is 3.55. The van der Waals surface area contributed by atoms with Gasteiger partial charge in [-0.15, -0.1) is 11.3 Å². The second kappa shape index (κ2) is 5.82. The molecule has 0 aliphatic carbocycles. The molecule has 1 unspecified atom stereocenters. The van der Waals surface area contributed by atoms with Crippen LogP contribution in [-0.4, -0.2) is 29.7 Å². The van der Waals surface area contributed by atoms with Gasteiger partial charge in [0.25, 0.3) is 0 Å². The Kier molecular flexibility index (Phi) is 3.66. The number of benzene rings is 1. The lowest BCUT2D eigenvalue weighted by Gasteiger charge is -2.34. The maximum Gasteiger partial charge on any atom is 0.152 e. The van der Waals surface area contributed by atoms with Crippen molar-refractivity contribution >= 4 is 27.9 Å². The van der Waals surface area contributed by atoms with Gasteiger partial charge in [0.15, 0.2) is 5.82 Å². The second-order valence-electron chi connectivity index (χ2n) is 5.29. The van der Waals surface area contributed by atoms with Crippen molar-refractivity contribution in [1.29, 1.82) is 0 Å². The van der Waals surface area contributed by atoms with Crippen molar-refractivity contribution in [2.75, 3.05) is 24.6 Å². The van der Waals surface area contributed by atoms with E-state index in [4.69, 9.17) is 4.74 Å². The van der Waals surface area contributed by atoms with Gasteiger partial charge in [-0.2, -0.15) is 0 Å². The van der Waals surface area contributed by atoms with Crippen LogP contribution in [0.3, 0.4) is 0 Å². The fourth-order valence-corrected chi connectivity index (χ4v) is 3.53. The van der Waals surface area contributed by atoms with Gasteiger partial charge in [0.1, 0.15) is 22.4 Å². The van der Waals surface area contributed by atoms with Crippen molar-refractivity contribution in [3.8, 4) is 0 Å². The number of rotatable bonds is 2. The van der Waals surface area contributed by atoms with E-state index >= 15 is 0 Å². The molecule has 1 aliphatic rings.